The maximum absolute atomic E-state index is 5.97. The Morgan fingerprint density at radius 2 is 2.05 bits per heavy atom. The minimum absolute atomic E-state index is 0.410. The molecule has 1 aromatic carbocycles. The van der Waals surface area contributed by atoms with Gasteiger partial charge < -0.3 is 10.5 Å². The van der Waals surface area contributed by atoms with Gasteiger partial charge in [0.25, 0.3) is 0 Å². The molecular weight excluding hydrogens is 236 g/mol. The van der Waals surface area contributed by atoms with Gasteiger partial charge in [0.2, 0.25) is 0 Å². The number of hydrogen-bond donors (Lipinski definition) is 1. The van der Waals surface area contributed by atoms with Crippen LogP contribution < -0.4 is 5.73 Å². The highest BCUT2D eigenvalue weighted by Gasteiger charge is 2.27. The monoisotopic (exact) mass is 260 g/mol. The van der Waals surface area contributed by atoms with Crippen molar-refractivity contribution >= 4 is 0 Å². The molecular formula is C16H24N2O. The number of hydrogen-bond acceptors (Lipinski definition) is 3. The first-order valence-electron chi connectivity index (χ1n) is 7.49. The quantitative estimate of drug-likeness (QED) is 0.902. The van der Waals surface area contributed by atoms with Gasteiger partial charge in [0.1, 0.15) is 0 Å². The SMILES string of the molecule is NCC1Cc2ccccc2CN1CC1CCCCO1. The summed E-state index contributed by atoms with van der Waals surface area (Å²) in [4.78, 5) is 2.53. The van der Waals surface area contributed by atoms with Crippen molar-refractivity contribution in [3.05, 3.63) is 35.4 Å². The summed E-state index contributed by atoms with van der Waals surface area (Å²) in [6.45, 7) is 3.73. The third-order valence-electron chi connectivity index (χ3n) is 4.45. The molecule has 0 saturated carbocycles. The minimum atomic E-state index is 0.410. The fourth-order valence-corrected chi connectivity index (χ4v) is 3.30. The van der Waals surface area contributed by atoms with Crippen molar-refractivity contribution in [2.24, 2.45) is 5.73 Å². The molecule has 1 saturated heterocycles. The Balaban J connectivity index is 1.70. The fraction of sp³-hybridized carbons (Fsp3) is 0.625. The standard InChI is InChI=1S/C16H24N2O/c17-10-15-9-13-5-1-2-6-14(13)11-18(15)12-16-7-3-4-8-19-16/h1-2,5-6,15-16H,3-4,7-12,17H2. The normalized spacial score (nSPS) is 28.1. The average Bonchev–Trinajstić information content (AvgIpc) is 2.47. The summed E-state index contributed by atoms with van der Waals surface area (Å²) in [5, 5.41) is 0. The fourth-order valence-electron chi connectivity index (χ4n) is 3.30. The Hall–Kier alpha value is -0.900. The van der Waals surface area contributed by atoms with Gasteiger partial charge in [-0.15, -0.1) is 0 Å². The van der Waals surface area contributed by atoms with Crippen molar-refractivity contribution in [2.45, 2.75) is 44.4 Å². The highest BCUT2D eigenvalue weighted by atomic mass is 16.5. The summed E-state index contributed by atoms with van der Waals surface area (Å²) in [5.41, 5.74) is 8.91. The van der Waals surface area contributed by atoms with E-state index in [4.69, 9.17) is 10.5 Å². The van der Waals surface area contributed by atoms with E-state index in [0.29, 0.717) is 12.1 Å². The van der Waals surface area contributed by atoms with E-state index in [2.05, 4.69) is 29.2 Å². The third-order valence-corrected chi connectivity index (χ3v) is 4.45. The van der Waals surface area contributed by atoms with Gasteiger partial charge in [-0.25, -0.2) is 0 Å². The first-order valence-corrected chi connectivity index (χ1v) is 7.49. The number of ether oxygens (including phenoxy) is 1. The topological polar surface area (TPSA) is 38.5 Å². The van der Waals surface area contributed by atoms with Crippen LogP contribution in [0.2, 0.25) is 0 Å². The number of rotatable bonds is 3. The lowest BCUT2D eigenvalue weighted by Crippen LogP contribution is -2.48. The Morgan fingerprint density at radius 3 is 2.79 bits per heavy atom. The van der Waals surface area contributed by atoms with E-state index in [1.54, 1.807) is 0 Å². The molecule has 2 unspecified atom stereocenters. The van der Waals surface area contributed by atoms with Crippen LogP contribution in [0.15, 0.2) is 24.3 Å². The van der Waals surface area contributed by atoms with Gasteiger partial charge in [0.05, 0.1) is 6.10 Å². The minimum Gasteiger partial charge on any atom is -0.377 e. The van der Waals surface area contributed by atoms with Gasteiger partial charge in [-0.05, 0) is 36.8 Å². The van der Waals surface area contributed by atoms with Gasteiger partial charge in [0, 0.05) is 32.3 Å². The highest BCUT2D eigenvalue weighted by molar-refractivity contribution is 5.30. The van der Waals surface area contributed by atoms with Crippen LogP contribution in [-0.2, 0) is 17.7 Å². The molecule has 3 rings (SSSR count). The van der Waals surface area contributed by atoms with Gasteiger partial charge in [-0.2, -0.15) is 0 Å². The van der Waals surface area contributed by atoms with E-state index in [-0.39, 0.29) is 0 Å². The second-order valence-electron chi connectivity index (χ2n) is 5.78. The highest BCUT2D eigenvalue weighted by Crippen LogP contribution is 2.24. The maximum Gasteiger partial charge on any atom is 0.0702 e. The van der Waals surface area contributed by atoms with Crippen molar-refractivity contribution in [1.29, 1.82) is 0 Å². The Morgan fingerprint density at radius 1 is 1.21 bits per heavy atom. The summed E-state index contributed by atoms with van der Waals surface area (Å²) in [5.74, 6) is 0. The molecule has 0 spiro atoms. The summed E-state index contributed by atoms with van der Waals surface area (Å²) in [6.07, 6.45) is 5.23. The van der Waals surface area contributed by atoms with Gasteiger partial charge in [-0.1, -0.05) is 24.3 Å². The van der Waals surface area contributed by atoms with Crippen LogP contribution in [0.5, 0.6) is 0 Å². The number of nitrogens with two attached hydrogens (primary N) is 1. The smallest absolute Gasteiger partial charge is 0.0702 e. The van der Waals surface area contributed by atoms with E-state index in [1.165, 1.54) is 30.4 Å². The molecule has 104 valence electrons. The second-order valence-corrected chi connectivity index (χ2v) is 5.78. The molecule has 2 N–H and O–H groups in total. The molecule has 1 fully saturated rings. The molecule has 2 heterocycles. The molecule has 2 aliphatic heterocycles. The molecule has 0 radical (unpaired) electrons. The zero-order valence-corrected chi connectivity index (χ0v) is 11.6. The molecule has 19 heavy (non-hydrogen) atoms. The Kier molecular flexibility index (Phi) is 4.16. The summed E-state index contributed by atoms with van der Waals surface area (Å²) in [7, 11) is 0. The largest absolute Gasteiger partial charge is 0.377 e. The second kappa shape index (κ2) is 6.04. The van der Waals surface area contributed by atoms with Crippen molar-refractivity contribution in [3.8, 4) is 0 Å². The van der Waals surface area contributed by atoms with Crippen LogP contribution >= 0.6 is 0 Å². The molecule has 3 nitrogen and oxygen atoms in total. The molecule has 3 heteroatoms. The summed E-state index contributed by atoms with van der Waals surface area (Å²) in [6, 6.07) is 9.23. The Bertz CT molecular complexity index is 415. The lowest BCUT2D eigenvalue weighted by Gasteiger charge is -2.39. The lowest BCUT2D eigenvalue weighted by atomic mass is 9.93. The van der Waals surface area contributed by atoms with E-state index >= 15 is 0 Å². The predicted molar refractivity (Wildman–Crippen MR) is 77.0 cm³/mol. The van der Waals surface area contributed by atoms with Gasteiger partial charge >= 0.3 is 0 Å². The van der Waals surface area contributed by atoms with E-state index in [1.807, 2.05) is 0 Å². The Labute approximate surface area is 115 Å². The maximum atomic E-state index is 5.97. The predicted octanol–water partition coefficient (Wildman–Crippen LogP) is 1.94. The average molecular weight is 260 g/mol. The van der Waals surface area contributed by atoms with Crippen LogP contribution in [0.25, 0.3) is 0 Å². The number of fused-ring (bicyclic) bond motifs is 1. The molecule has 2 aliphatic rings. The molecule has 0 amide bonds. The van der Waals surface area contributed by atoms with Crippen molar-refractivity contribution in [2.75, 3.05) is 19.7 Å². The van der Waals surface area contributed by atoms with E-state index in [0.717, 1.165) is 32.7 Å². The van der Waals surface area contributed by atoms with Crippen molar-refractivity contribution < 1.29 is 4.74 Å². The molecule has 0 bridgehead atoms. The molecule has 0 aliphatic carbocycles. The van der Waals surface area contributed by atoms with E-state index in [9.17, 15) is 0 Å². The first-order chi connectivity index (χ1) is 9.36. The van der Waals surface area contributed by atoms with Crippen molar-refractivity contribution in [3.63, 3.8) is 0 Å². The van der Waals surface area contributed by atoms with Crippen LogP contribution in [-0.4, -0.2) is 36.7 Å². The van der Waals surface area contributed by atoms with Crippen LogP contribution in [0.1, 0.15) is 30.4 Å². The number of benzene rings is 1. The van der Waals surface area contributed by atoms with Gasteiger partial charge in [-0.3, -0.25) is 4.90 Å². The van der Waals surface area contributed by atoms with Crippen molar-refractivity contribution in [1.82, 2.24) is 4.90 Å². The van der Waals surface area contributed by atoms with Crippen LogP contribution in [0.4, 0.5) is 0 Å². The lowest BCUT2D eigenvalue weighted by molar-refractivity contribution is -0.0168. The summed E-state index contributed by atoms with van der Waals surface area (Å²) < 4.78 is 5.88. The third kappa shape index (κ3) is 2.99. The van der Waals surface area contributed by atoms with Crippen LogP contribution in [0.3, 0.4) is 0 Å². The van der Waals surface area contributed by atoms with Crippen LogP contribution in [0, 0.1) is 0 Å². The number of nitrogens with zero attached hydrogens (tertiary/aromatic N) is 1. The molecule has 2 atom stereocenters. The summed E-state index contributed by atoms with van der Waals surface area (Å²) >= 11 is 0. The zero-order valence-electron chi connectivity index (χ0n) is 11.6. The first kappa shape index (κ1) is 13.1. The van der Waals surface area contributed by atoms with E-state index < -0.39 is 0 Å². The molecule has 1 aromatic rings. The van der Waals surface area contributed by atoms with Gasteiger partial charge in [0.15, 0.2) is 0 Å². The zero-order chi connectivity index (χ0) is 13.1. The molecule has 0 aromatic heterocycles.